The molecule has 110 valence electrons. The highest BCUT2D eigenvalue weighted by Gasteiger charge is 2.10. The van der Waals surface area contributed by atoms with E-state index in [1.807, 2.05) is 12.3 Å². The summed E-state index contributed by atoms with van der Waals surface area (Å²) in [5, 5.41) is 0. The van der Waals surface area contributed by atoms with E-state index in [1.54, 1.807) is 0 Å². The molecule has 3 rings (SSSR count). The van der Waals surface area contributed by atoms with Crippen LogP contribution in [0.25, 0.3) is 22.4 Å². The minimum absolute atomic E-state index is 0.501. The van der Waals surface area contributed by atoms with Crippen molar-refractivity contribution in [1.82, 2.24) is 4.98 Å². The number of hydrogen-bond acceptors (Lipinski definition) is 1. The predicted molar refractivity (Wildman–Crippen MR) is 94.1 cm³/mol. The first-order valence-electron chi connectivity index (χ1n) is 7.37. The molecular weight excluding hydrogens is 290 g/mol. The summed E-state index contributed by atoms with van der Waals surface area (Å²) in [7, 11) is 0. The van der Waals surface area contributed by atoms with E-state index in [1.165, 1.54) is 22.3 Å². The molecule has 1 aromatic heterocycles. The maximum absolute atomic E-state index is 5.96. The van der Waals surface area contributed by atoms with Crippen LogP contribution in [0.3, 0.4) is 0 Å². The number of alkyl halides is 1. The van der Waals surface area contributed by atoms with Gasteiger partial charge in [-0.05, 0) is 48.2 Å². The zero-order chi connectivity index (χ0) is 15.5. The van der Waals surface area contributed by atoms with Gasteiger partial charge in [0.2, 0.25) is 0 Å². The van der Waals surface area contributed by atoms with Crippen molar-refractivity contribution in [2.24, 2.45) is 0 Å². The lowest BCUT2D eigenvalue weighted by atomic mass is 9.93. The van der Waals surface area contributed by atoms with Gasteiger partial charge in [-0.15, -0.1) is 11.6 Å². The molecular formula is C20H18ClN. The summed E-state index contributed by atoms with van der Waals surface area (Å²) >= 11 is 5.96. The van der Waals surface area contributed by atoms with Gasteiger partial charge in [-0.3, -0.25) is 4.98 Å². The average Bonchev–Trinajstić information content (AvgIpc) is 2.57. The number of hydrogen-bond donors (Lipinski definition) is 0. The summed E-state index contributed by atoms with van der Waals surface area (Å²) in [4.78, 5) is 4.54. The van der Waals surface area contributed by atoms with Gasteiger partial charge in [0.15, 0.2) is 0 Å². The Labute approximate surface area is 136 Å². The molecule has 0 aliphatic carbocycles. The number of pyridine rings is 1. The average molecular weight is 308 g/mol. The van der Waals surface area contributed by atoms with Gasteiger partial charge in [0.05, 0.1) is 5.69 Å². The smallest absolute Gasteiger partial charge is 0.0711 e. The van der Waals surface area contributed by atoms with E-state index in [9.17, 15) is 0 Å². The maximum Gasteiger partial charge on any atom is 0.0711 e. The lowest BCUT2D eigenvalue weighted by molar-refractivity contribution is 1.27. The topological polar surface area (TPSA) is 12.9 Å². The van der Waals surface area contributed by atoms with Crippen molar-refractivity contribution in [2.75, 3.05) is 0 Å². The van der Waals surface area contributed by atoms with E-state index in [-0.39, 0.29) is 0 Å². The van der Waals surface area contributed by atoms with Gasteiger partial charge in [-0.1, -0.05) is 48.0 Å². The molecule has 2 heteroatoms. The molecule has 1 heterocycles. The molecule has 0 radical (unpaired) electrons. The quantitative estimate of drug-likeness (QED) is 0.560. The number of nitrogens with zero attached hydrogens (tertiary/aromatic N) is 1. The molecule has 3 aromatic rings. The molecule has 22 heavy (non-hydrogen) atoms. The Morgan fingerprint density at radius 3 is 2.41 bits per heavy atom. The van der Waals surface area contributed by atoms with E-state index in [4.69, 9.17) is 11.6 Å². The third-order valence-corrected chi connectivity index (χ3v) is 4.17. The van der Waals surface area contributed by atoms with Crippen LogP contribution in [0.15, 0.2) is 60.8 Å². The van der Waals surface area contributed by atoms with Crippen LogP contribution >= 0.6 is 11.6 Å². The van der Waals surface area contributed by atoms with E-state index >= 15 is 0 Å². The molecule has 0 saturated carbocycles. The van der Waals surface area contributed by atoms with Gasteiger partial charge >= 0.3 is 0 Å². The van der Waals surface area contributed by atoms with Gasteiger partial charge in [0.25, 0.3) is 0 Å². The van der Waals surface area contributed by atoms with E-state index in [0.717, 1.165) is 16.8 Å². The van der Waals surface area contributed by atoms with E-state index in [2.05, 4.69) is 67.4 Å². The predicted octanol–water partition coefficient (Wildman–Crippen LogP) is 5.77. The highest BCUT2D eigenvalue weighted by atomic mass is 35.5. The SMILES string of the molecule is Cc1ccc(C)c(-c2ccccc2-c2cc(CCl)ccn2)c1. The van der Waals surface area contributed by atoms with Gasteiger partial charge in [-0.2, -0.15) is 0 Å². The summed E-state index contributed by atoms with van der Waals surface area (Å²) in [6, 6.07) is 19.0. The molecule has 1 nitrogen and oxygen atoms in total. The zero-order valence-electron chi connectivity index (χ0n) is 12.8. The molecule has 0 bridgehead atoms. The monoisotopic (exact) mass is 307 g/mol. The van der Waals surface area contributed by atoms with Crippen LogP contribution < -0.4 is 0 Å². The Balaban J connectivity index is 2.20. The first kappa shape index (κ1) is 14.8. The maximum atomic E-state index is 5.96. The highest BCUT2D eigenvalue weighted by Crippen LogP contribution is 2.33. The second kappa shape index (κ2) is 6.33. The Bertz CT molecular complexity index is 808. The second-order valence-electron chi connectivity index (χ2n) is 5.55. The molecule has 0 saturated heterocycles. The van der Waals surface area contributed by atoms with E-state index < -0.39 is 0 Å². The molecule has 0 aliphatic heterocycles. The molecule has 0 atom stereocenters. The van der Waals surface area contributed by atoms with Crippen molar-refractivity contribution < 1.29 is 0 Å². The minimum Gasteiger partial charge on any atom is -0.256 e. The van der Waals surface area contributed by atoms with Crippen molar-refractivity contribution >= 4 is 11.6 Å². The third-order valence-electron chi connectivity index (χ3n) is 3.86. The fourth-order valence-electron chi connectivity index (χ4n) is 2.67. The number of halogens is 1. The fourth-order valence-corrected chi connectivity index (χ4v) is 2.84. The van der Waals surface area contributed by atoms with Crippen molar-refractivity contribution in [3.8, 4) is 22.4 Å². The van der Waals surface area contributed by atoms with Crippen LogP contribution in [0.5, 0.6) is 0 Å². The van der Waals surface area contributed by atoms with Gasteiger partial charge in [0.1, 0.15) is 0 Å². The minimum atomic E-state index is 0.501. The van der Waals surface area contributed by atoms with Crippen LogP contribution in [0.1, 0.15) is 16.7 Å². The van der Waals surface area contributed by atoms with Crippen molar-refractivity contribution in [3.63, 3.8) is 0 Å². The Hall–Kier alpha value is -2.12. The number of aromatic nitrogens is 1. The standard InChI is InChI=1S/C20H18ClN/c1-14-7-8-15(2)19(11-14)17-5-3-4-6-18(17)20-12-16(13-21)9-10-22-20/h3-12H,13H2,1-2H3. The lowest BCUT2D eigenvalue weighted by Crippen LogP contribution is -1.92. The normalized spacial score (nSPS) is 10.7. The van der Waals surface area contributed by atoms with Gasteiger partial charge in [-0.25, -0.2) is 0 Å². The van der Waals surface area contributed by atoms with Gasteiger partial charge < -0.3 is 0 Å². The summed E-state index contributed by atoms with van der Waals surface area (Å²) in [5.41, 5.74) is 8.20. The molecule has 0 amide bonds. The summed E-state index contributed by atoms with van der Waals surface area (Å²) in [6.07, 6.45) is 1.83. The van der Waals surface area contributed by atoms with Crippen LogP contribution in [0.4, 0.5) is 0 Å². The number of rotatable bonds is 3. The van der Waals surface area contributed by atoms with Crippen LogP contribution in [-0.4, -0.2) is 4.98 Å². The Kier molecular flexibility index (Phi) is 4.26. The molecule has 0 fully saturated rings. The van der Waals surface area contributed by atoms with Crippen molar-refractivity contribution in [1.29, 1.82) is 0 Å². The van der Waals surface area contributed by atoms with Crippen molar-refractivity contribution in [3.05, 3.63) is 77.5 Å². The molecule has 2 aromatic carbocycles. The fraction of sp³-hybridized carbons (Fsp3) is 0.150. The number of aryl methyl sites for hydroxylation is 2. The summed E-state index contributed by atoms with van der Waals surface area (Å²) < 4.78 is 0. The second-order valence-corrected chi connectivity index (χ2v) is 5.81. The zero-order valence-corrected chi connectivity index (χ0v) is 13.6. The molecule has 0 spiro atoms. The summed E-state index contributed by atoms with van der Waals surface area (Å²) in [5.74, 6) is 0.501. The van der Waals surface area contributed by atoms with Crippen LogP contribution in [0.2, 0.25) is 0 Å². The largest absolute Gasteiger partial charge is 0.256 e. The van der Waals surface area contributed by atoms with Crippen LogP contribution in [0, 0.1) is 13.8 Å². The van der Waals surface area contributed by atoms with Gasteiger partial charge in [0, 0.05) is 17.6 Å². The van der Waals surface area contributed by atoms with Crippen LogP contribution in [-0.2, 0) is 5.88 Å². The third kappa shape index (κ3) is 2.90. The lowest BCUT2D eigenvalue weighted by Gasteiger charge is -2.13. The van der Waals surface area contributed by atoms with Crippen molar-refractivity contribution in [2.45, 2.75) is 19.7 Å². The number of benzene rings is 2. The molecule has 0 unspecified atom stereocenters. The Morgan fingerprint density at radius 2 is 1.64 bits per heavy atom. The summed E-state index contributed by atoms with van der Waals surface area (Å²) in [6.45, 7) is 4.27. The highest BCUT2D eigenvalue weighted by molar-refractivity contribution is 6.17. The Morgan fingerprint density at radius 1 is 0.864 bits per heavy atom. The first-order valence-corrected chi connectivity index (χ1v) is 7.90. The first-order chi connectivity index (χ1) is 10.7. The molecule has 0 N–H and O–H groups in total. The van der Waals surface area contributed by atoms with E-state index in [0.29, 0.717) is 5.88 Å². The molecule has 0 aliphatic rings.